The van der Waals surface area contributed by atoms with Crippen molar-refractivity contribution in [2.75, 3.05) is 19.0 Å². The van der Waals surface area contributed by atoms with Gasteiger partial charge in [0.25, 0.3) is 5.91 Å². The van der Waals surface area contributed by atoms with Crippen LogP contribution in [0.4, 0.5) is 10.1 Å². The van der Waals surface area contributed by atoms with E-state index in [1.54, 1.807) is 12.1 Å². The number of carbonyl (C=O) groups is 2. The van der Waals surface area contributed by atoms with Crippen molar-refractivity contribution in [1.29, 1.82) is 0 Å². The quantitative estimate of drug-likeness (QED) is 0.663. The molecule has 6 nitrogen and oxygen atoms in total. The average Bonchev–Trinajstić information content (AvgIpc) is 2.67. The van der Waals surface area contributed by atoms with Crippen LogP contribution in [-0.4, -0.2) is 31.6 Å². The van der Waals surface area contributed by atoms with Gasteiger partial charge in [0, 0.05) is 24.9 Å². The van der Waals surface area contributed by atoms with Crippen molar-refractivity contribution < 1.29 is 18.7 Å². The van der Waals surface area contributed by atoms with Crippen molar-refractivity contribution in [1.82, 2.24) is 5.32 Å². The van der Waals surface area contributed by atoms with Crippen molar-refractivity contribution in [3.63, 3.8) is 0 Å². The Morgan fingerprint density at radius 3 is 2.30 bits per heavy atom. The zero-order valence-corrected chi connectivity index (χ0v) is 15.4. The summed E-state index contributed by atoms with van der Waals surface area (Å²) >= 11 is 0. The van der Waals surface area contributed by atoms with Gasteiger partial charge in [0.05, 0.1) is 18.6 Å². The van der Waals surface area contributed by atoms with Crippen LogP contribution in [0.1, 0.15) is 35.3 Å². The molecule has 0 saturated carbocycles. The van der Waals surface area contributed by atoms with Crippen LogP contribution in [0.15, 0.2) is 48.5 Å². The normalized spacial score (nSPS) is 12.9. The first-order valence-corrected chi connectivity index (χ1v) is 8.62. The van der Waals surface area contributed by atoms with Crippen LogP contribution < -0.4 is 16.4 Å². The first-order valence-electron chi connectivity index (χ1n) is 8.62. The Kier molecular flexibility index (Phi) is 7.45. The van der Waals surface area contributed by atoms with E-state index >= 15 is 0 Å². The van der Waals surface area contributed by atoms with Crippen molar-refractivity contribution in [3.05, 3.63) is 65.5 Å². The summed E-state index contributed by atoms with van der Waals surface area (Å²) in [7, 11) is 1.52. The van der Waals surface area contributed by atoms with Crippen LogP contribution in [0, 0.1) is 5.82 Å². The zero-order valence-electron chi connectivity index (χ0n) is 15.4. The molecule has 7 heteroatoms. The van der Waals surface area contributed by atoms with Crippen LogP contribution in [0.2, 0.25) is 0 Å². The lowest BCUT2D eigenvalue weighted by Crippen LogP contribution is -2.33. The lowest BCUT2D eigenvalue weighted by atomic mass is 10.1. The third-order valence-corrected chi connectivity index (χ3v) is 4.16. The molecule has 0 bridgehead atoms. The first kappa shape index (κ1) is 20.5. The number of nitrogens with one attached hydrogen (secondary N) is 2. The topological polar surface area (TPSA) is 93.4 Å². The van der Waals surface area contributed by atoms with E-state index in [0.29, 0.717) is 11.3 Å². The number of hydrogen-bond acceptors (Lipinski definition) is 4. The summed E-state index contributed by atoms with van der Waals surface area (Å²) < 4.78 is 18.0. The van der Waals surface area contributed by atoms with Gasteiger partial charge in [-0.15, -0.1) is 0 Å². The van der Waals surface area contributed by atoms with Gasteiger partial charge in [-0.25, -0.2) is 4.39 Å². The van der Waals surface area contributed by atoms with Crippen LogP contribution in [0.25, 0.3) is 0 Å². The molecule has 2 aromatic carbocycles. The van der Waals surface area contributed by atoms with Gasteiger partial charge in [-0.2, -0.15) is 0 Å². The molecule has 0 aliphatic rings. The predicted octanol–water partition coefficient (Wildman–Crippen LogP) is 2.62. The number of methoxy groups -OCH3 is 1. The highest BCUT2D eigenvalue weighted by molar-refractivity contribution is 6.04. The van der Waals surface area contributed by atoms with E-state index in [9.17, 15) is 14.0 Å². The molecule has 0 radical (unpaired) electrons. The molecule has 0 saturated heterocycles. The molecule has 0 aliphatic heterocycles. The molecule has 27 heavy (non-hydrogen) atoms. The minimum Gasteiger partial charge on any atom is -0.380 e. The Morgan fingerprint density at radius 2 is 1.74 bits per heavy atom. The highest BCUT2D eigenvalue weighted by Crippen LogP contribution is 2.17. The Bertz CT molecular complexity index is 759. The fraction of sp³-hybridized carbons (Fsp3) is 0.300. The van der Waals surface area contributed by atoms with Crippen LogP contribution >= 0.6 is 0 Å². The van der Waals surface area contributed by atoms with E-state index in [2.05, 4.69) is 10.6 Å². The van der Waals surface area contributed by atoms with E-state index in [1.807, 2.05) is 19.1 Å². The number of benzene rings is 2. The Hall–Kier alpha value is -2.77. The number of carbonyl (C=O) groups excluding carboxylic acids is 2. The second-order valence-electron chi connectivity index (χ2n) is 6.17. The number of hydrogen-bond donors (Lipinski definition) is 3. The third-order valence-electron chi connectivity index (χ3n) is 4.16. The largest absolute Gasteiger partial charge is 0.380 e. The zero-order chi connectivity index (χ0) is 19.8. The van der Waals surface area contributed by atoms with Crippen molar-refractivity contribution in [3.8, 4) is 0 Å². The van der Waals surface area contributed by atoms with E-state index in [-0.39, 0.29) is 36.9 Å². The molecule has 0 fully saturated rings. The van der Waals surface area contributed by atoms with Gasteiger partial charge in [-0.3, -0.25) is 9.59 Å². The monoisotopic (exact) mass is 373 g/mol. The van der Waals surface area contributed by atoms with Gasteiger partial charge in [-0.05, 0) is 48.9 Å². The summed E-state index contributed by atoms with van der Waals surface area (Å²) in [4.78, 5) is 24.2. The molecule has 0 heterocycles. The molecule has 144 valence electrons. The molecule has 2 rings (SSSR count). The van der Waals surface area contributed by atoms with Crippen LogP contribution in [0.3, 0.4) is 0 Å². The Morgan fingerprint density at radius 1 is 1.11 bits per heavy atom. The average molecular weight is 373 g/mol. The maximum Gasteiger partial charge on any atom is 0.255 e. The number of amides is 2. The van der Waals surface area contributed by atoms with E-state index in [1.165, 1.54) is 31.4 Å². The maximum absolute atomic E-state index is 12.9. The Labute approximate surface area is 157 Å². The molecule has 2 amide bonds. The summed E-state index contributed by atoms with van der Waals surface area (Å²) in [6.07, 6.45) is -0.107. The lowest BCUT2D eigenvalue weighted by molar-refractivity contribution is -0.124. The molecule has 4 N–H and O–H groups in total. The van der Waals surface area contributed by atoms with Gasteiger partial charge in [0.1, 0.15) is 5.82 Å². The van der Waals surface area contributed by atoms with E-state index in [0.717, 1.165) is 5.56 Å². The number of ether oxygens (including phenoxy) is 1. The fourth-order valence-corrected chi connectivity index (χ4v) is 2.51. The van der Waals surface area contributed by atoms with Crippen LogP contribution in [0.5, 0.6) is 0 Å². The molecular formula is C20H24FN3O3. The van der Waals surface area contributed by atoms with E-state index < -0.39 is 5.82 Å². The molecule has 0 aliphatic carbocycles. The smallest absolute Gasteiger partial charge is 0.255 e. The third kappa shape index (κ3) is 6.16. The number of halogens is 1. The number of anilines is 1. The van der Waals surface area contributed by atoms with Crippen molar-refractivity contribution >= 4 is 17.5 Å². The summed E-state index contributed by atoms with van der Waals surface area (Å²) in [6.45, 7) is 2.15. The number of rotatable bonds is 8. The summed E-state index contributed by atoms with van der Waals surface area (Å²) in [5.74, 6) is -0.861. The minimum absolute atomic E-state index is 0.145. The van der Waals surface area contributed by atoms with E-state index in [4.69, 9.17) is 10.5 Å². The first-order chi connectivity index (χ1) is 12.9. The predicted molar refractivity (Wildman–Crippen MR) is 102 cm³/mol. The highest BCUT2D eigenvalue weighted by atomic mass is 19.1. The molecule has 2 unspecified atom stereocenters. The molecule has 0 spiro atoms. The summed E-state index contributed by atoms with van der Waals surface area (Å²) in [5, 5.41) is 5.64. The second kappa shape index (κ2) is 9.80. The fourth-order valence-electron chi connectivity index (χ4n) is 2.51. The van der Waals surface area contributed by atoms with Gasteiger partial charge in [0.15, 0.2) is 0 Å². The van der Waals surface area contributed by atoms with Crippen LogP contribution in [-0.2, 0) is 9.53 Å². The summed E-state index contributed by atoms with van der Waals surface area (Å²) in [6, 6.07) is 12.3. The maximum atomic E-state index is 12.9. The van der Waals surface area contributed by atoms with Gasteiger partial charge >= 0.3 is 0 Å². The Balaban J connectivity index is 1.92. The second-order valence-corrected chi connectivity index (χ2v) is 6.17. The molecule has 2 atom stereocenters. The lowest BCUT2D eigenvalue weighted by Gasteiger charge is -2.17. The standard InChI is InChI=1S/C20H24FN3O3/c1-13(23-19(25)11-18(12-22)27-2)14-5-9-17(10-6-14)24-20(26)15-3-7-16(21)8-4-15/h3-10,13,18H,11-12,22H2,1-2H3,(H,23,25)(H,24,26). The SMILES string of the molecule is COC(CN)CC(=O)NC(C)c1ccc(NC(=O)c2ccc(F)cc2)cc1. The molecule has 0 aromatic heterocycles. The van der Waals surface area contributed by atoms with Gasteiger partial charge < -0.3 is 21.1 Å². The number of nitrogens with two attached hydrogens (primary N) is 1. The van der Waals surface area contributed by atoms with Crippen molar-refractivity contribution in [2.24, 2.45) is 5.73 Å². The summed E-state index contributed by atoms with van der Waals surface area (Å²) in [5.41, 5.74) is 7.39. The van der Waals surface area contributed by atoms with Crippen molar-refractivity contribution in [2.45, 2.75) is 25.5 Å². The van der Waals surface area contributed by atoms with Gasteiger partial charge in [-0.1, -0.05) is 12.1 Å². The minimum atomic E-state index is -0.393. The molecule has 2 aromatic rings. The van der Waals surface area contributed by atoms with Gasteiger partial charge in [0.2, 0.25) is 5.91 Å². The molecular weight excluding hydrogens is 349 g/mol. The highest BCUT2D eigenvalue weighted by Gasteiger charge is 2.15.